The first-order valence-electron chi connectivity index (χ1n) is 13.8. The Labute approximate surface area is 257 Å². The van der Waals surface area contributed by atoms with Crippen molar-refractivity contribution in [2.24, 2.45) is 0 Å². The molecule has 2 aromatic carbocycles. The van der Waals surface area contributed by atoms with Crippen molar-refractivity contribution in [1.29, 1.82) is 0 Å². The molecule has 1 amide bonds. The predicted molar refractivity (Wildman–Crippen MR) is 158 cm³/mol. The maximum absolute atomic E-state index is 13.7. The van der Waals surface area contributed by atoms with E-state index in [2.05, 4.69) is 20.3 Å². The number of nitrogens with zero attached hydrogens (tertiary/aromatic N) is 5. The third-order valence-corrected chi connectivity index (χ3v) is 6.62. The van der Waals surface area contributed by atoms with E-state index >= 15 is 0 Å². The first-order valence-corrected chi connectivity index (χ1v) is 13.8. The molecule has 1 N–H and O–H groups in total. The number of imidazole rings is 1. The molecule has 1 aliphatic heterocycles. The molecule has 0 aliphatic carbocycles. The van der Waals surface area contributed by atoms with E-state index < -0.39 is 48.5 Å². The van der Waals surface area contributed by atoms with Gasteiger partial charge in [0.2, 0.25) is 5.95 Å². The average Bonchev–Trinajstić information content (AvgIpc) is 3.58. The second-order valence-electron chi connectivity index (χ2n) is 9.82. The number of para-hydroxylation sites is 2. The zero-order valence-corrected chi connectivity index (χ0v) is 24.8. The summed E-state index contributed by atoms with van der Waals surface area (Å²) >= 11 is 0. The minimum absolute atomic E-state index is 0.0769. The first kappa shape index (κ1) is 30.9. The molecule has 0 saturated carbocycles. The van der Waals surface area contributed by atoms with Crippen molar-refractivity contribution in [2.75, 3.05) is 23.9 Å². The van der Waals surface area contributed by atoms with Gasteiger partial charge in [0.1, 0.15) is 12.7 Å². The van der Waals surface area contributed by atoms with E-state index in [4.69, 9.17) is 23.7 Å². The van der Waals surface area contributed by atoms with Crippen LogP contribution >= 0.6 is 0 Å². The number of carbonyl (C=O) groups excluding carboxylic acids is 4. The molecule has 1 fully saturated rings. The number of rotatable bonds is 9. The topological polar surface area (TPSA) is 173 Å². The van der Waals surface area contributed by atoms with Crippen LogP contribution in [0.3, 0.4) is 0 Å². The van der Waals surface area contributed by atoms with Gasteiger partial charge in [-0.15, -0.1) is 0 Å². The fraction of sp³-hybridized carbons (Fsp3) is 0.300. The van der Waals surface area contributed by atoms with Gasteiger partial charge in [0.15, 0.2) is 29.6 Å². The monoisotopic (exact) mass is 618 g/mol. The molecular formula is C30H30N6O9. The number of ether oxygens (including phenoxy) is 5. The van der Waals surface area contributed by atoms with Gasteiger partial charge >= 0.3 is 24.0 Å². The van der Waals surface area contributed by atoms with Gasteiger partial charge in [0.05, 0.1) is 17.7 Å². The summed E-state index contributed by atoms with van der Waals surface area (Å²) in [5.41, 5.74) is 1.33. The number of esters is 3. The highest BCUT2D eigenvalue weighted by Crippen LogP contribution is 2.37. The van der Waals surface area contributed by atoms with Crippen LogP contribution in [0.1, 0.15) is 27.0 Å². The highest BCUT2D eigenvalue weighted by Gasteiger charge is 2.51. The van der Waals surface area contributed by atoms with E-state index in [0.29, 0.717) is 11.4 Å². The minimum atomic E-state index is -1.19. The molecule has 15 nitrogen and oxygen atoms in total. The van der Waals surface area contributed by atoms with E-state index in [1.165, 1.54) is 36.6 Å². The number of hydrogen-bond acceptors (Lipinski definition) is 13. The van der Waals surface area contributed by atoms with E-state index in [1.54, 1.807) is 55.6 Å². The molecule has 2 aromatic heterocycles. The van der Waals surface area contributed by atoms with E-state index in [1.807, 2.05) is 12.1 Å². The summed E-state index contributed by atoms with van der Waals surface area (Å²) in [5, 5.41) is 2.83. The second kappa shape index (κ2) is 13.4. The van der Waals surface area contributed by atoms with Crippen molar-refractivity contribution < 1.29 is 42.9 Å². The zero-order valence-electron chi connectivity index (χ0n) is 24.8. The highest BCUT2D eigenvalue weighted by molar-refractivity contribution is 5.98. The van der Waals surface area contributed by atoms with Crippen LogP contribution in [0.25, 0.3) is 11.2 Å². The molecule has 1 unspecified atom stereocenters. The molecule has 3 heterocycles. The van der Waals surface area contributed by atoms with Gasteiger partial charge in [-0.25, -0.2) is 14.7 Å². The van der Waals surface area contributed by atoms with Gasteiger partial charge in [-0.3, -0.25) is 19.0 Å². The van der Waals surface area contributed by atoms with Gasteiger partial charge < -0.3 is 29.0 Å². The Bertz CT molecular complexity index is 1660. The van der Waals surface area contributed by atoms with Crippen LogP contribution in [-0.4, -0.2) is 75.5 Å². The van der Waals surface area contributed by atoms with Crippen molar-refractivity contribution in [3.63, 3.8) is 0 Å². The Balaban J connectivity index is 1.55. The number of benzene rings is 2. The number of nitrogens with one attached hydrogen (secondary N) is 1. The van der Waals surface area contributed by atoms with Crippen LogP contribution in [0, 0.1) is 0 Å². The maximum atomic E-state index is 13.7. The molecule has 0 radical (unpaired) electrons. The number of carbonyl (C=O) groups is 4. The van der Waals surface area contributed by atoms with Crippen LogP contribution in [0.5, 0.6) is 5.88 Å². The third kappa shape index (κ3) is 6.83. The standard InChI is InChI=1S/C30H30N6O9/c1-17(37)41-15-22-24(42-18(2)38)25(43-19(3)39)28(44-22)35-16-32-23-26(35)33-29(31-4)34-27(23)45-30(40)36(20-11-7-5-8-12-20)21-13-9-6-10-14-21/h5-14,16,22,24-25,28H,15H2,1-4H3,(H,31,33,34)/t22-,24+,25?,28-/m1/s1. The number of fused-ring (bicyclic) bond motifs is 1. The Morgan fingerprint density at radius 2 is 1.47 bits per heavy atom. The molecule has 0 spiro atoms. The average molecular weight is 619 g/mol. The first-order chi connectivity index (χ1) is 21.7. The van der Waals surface area contributed by atoms with Crippen molar-refractivity contribution in [2.45, 2.75) is 45.3 Å². The van der Waals surface area contributed by atoms with Gasteiger partial charge in [-0.1, -0.05) is 36.4 Å². The largest absolute Gasteiger partial charge is 0.463 e. The van der Waals surface area contributed by atoms with Crippen LogP contribution in [0.4, 0.5) is 22.1 Å². The van der Waals surface area contributed by atoms with Crippen LogP contribution < -0.4 is 15.0 Å². The van der Waals surface area contributed by atoms with E-state index in [-0.39, 0.29) is 29.6 Å². The summed E-state index contributed by atoms with van der Waals surface area (Å²) in [6.45, 7) is 3.31. The third-order valence-electron chi connectivity index (χ3n) is 6.62. The number of amides is 1. The maximum Gasteiger partial charge on any atom is 0.425 e. The summed E-state index contributed by atoms with van der Waals surface area (Å²) < 4.78 is 29.5. The summed E-state index contributed by atoms with van der Waals surface area (Å²) in [6, 6.07) is 17.9. The van der Waals surface area contributed by atoms with Gasteiger partial charge in [0.25, 0.3) is 5.88 Å². The van der Waals surface area contributed by atoms with Crippen LogP contribution in [0.15, 0.2) is 67.0 Å². The lowest BCUT2D eigenvalue weighted by Crippen LogP contribution is -2.40. The molecule has 4 atom stereocenters. The molecule has 234 valence electrons. The Morgan fingerprint density at radius 3 is 2.02 bits per heavy atom. The van der Waals surface area contributed by atoms with Crippen molar-refractivity contribution >= 4 is 52.5 Å². The summed E-state index contributed by atoms with van der Waals surface area (Å²) in [4.78, 5) is 64.0. The van der Waals surface area contributed by atoms with E-state index in [9.17, 15) is 19.2 Å². The van der Waals surface area contributed by atoms with Gasteiger partial charge in [-0.05, 0) is 24.3 Å². The van der Waals surface area contributed by atoms with Crippen LogP contribution in [0.2, 0.25) is 0 Å². The SMILES string of the molecule is CNc1nc(OC(=O)N(c2ccccc2)c2ccccc2)c2ncn([C@@H]3O[C@H](COC(C)=O)[C@H](OC(C)=O)C3OC(C)=O)c2n1. The van der Waals surface area contributed by atoms with E-state index in [0.717, 1.165) is 0 Å². The molecule has 0 bridgehead atoms. The Kier molecular flexibility index (Phi) is 9.18. The Hall–Kier alpha value is -5.57. The molecule has 4 aromatic rings. The van der Waals surface area contributed by atoms with Crippen molar-refractivity contribution in [1.82, 2.24) is 19.5 Å². The quantitative estimate of drug-likeness (QED) is 0.213. The minimum Gasteiger partial charge on any atom is -0.463 e. The van der Waals surface area contributed by atoms with Crippen molar-refractivity contribution in [3.8, 4) is 5.88 Å². The summed E-state index contributed by atoms with van der Waals surface area (Å²) in [7, 11) is 1.58. The fourth-order valence-corrected chi connectivity index (χ4v) is 4.82. The smallest absolute Gasteiger partial charge is 0.425 e. The summed E-state index contributed by atoms with van der Waals surface area (Å²) in [6.07, 6.45) is -3.90. The molecule has 15 heteroatoms. The second-order valence-corrected chi connectivity index (χ2v) is 9.82. The van der Waals surface area contributed by atoms with Crippen LogP contribution in [-0.2, 0) is 33.3 Å². The molecule has 1 saturated heterocycles. The number of hydrogen-bond donors (Lipinski definition) is 1. The highest BCUT2D eigenvalue weighted by atomic mass is 16.7. The lowest BCUT2D eigenvalue weighted by Gasteiger charge is -2.24. The summed E-state index contributed by atoms with van der Waals surface area (Å²) in [5.74, 6) is -2.02. The normalized spacial score (nSPS) is 19.0. The van der Waals surface area contributed by atoms with Gasteiger partial charge in [-0.2, -0.15) is 9.97 Å². The Morgan fingerprint density at radius 1 is 0.867 bits per heavy atom. The lowest BCUT2D eigenvalue weighted by molar-refractivity contribution is -0.166. The number of aromatic nitrogens is 4. The predicted octanol–water partition coefficient (Wildman–Crippen LogP) is 3.53. The molecule has 1 aliphatic rings. The number of anilines is 3. The molecule has 5 rings (SSSR count). The van der Waals surface area contributed by atoms with Gasteiger partial charge in [0, 0.05) is 27.8 Å². The molecular weight excluding hydrogens is 588 g/mol. The fourth-order valence-electron chi connectivity index (χ4n) is 4.82. The lowest BCUT2D eigenvalue weighted by atomic mass is 10.1. The molecule has 45 heavy (non-hydrogen) atoms. The zero-order chi connectivity index (χ0) is 32.1. The van der Waals surface area contributed by atoms with Crippen molar-refractivity contribution in [3.05, 3.63) is 67.0 Å².